The highest BCUT2D eigenvalue weighted by atomic mass is 19.2. The van der Waals surface area contributed by atoms with E-state index in [1.165, 1.54) is 24.3 Å². The van der Waals surface area contributed by atoms with Crippen LogP contribution in [0.3, 0.4) is 0 Å². The number of halogens is 3. The maximum Gasteiger partial charge on any atom is 0.254 e. The van der Waals surface area contributed by atoms with Gasteiger partial charge >= 0.3 is 0 Å². The van der Waals surface area contributed by atoms with E-state index in [-0.39, 0.29) is 11.5 Å². The number of amides is 1. The van der Waals surface area contributed by atoms with Crippen LogP contribution in [-0.2, 0) is 0 Å². The molecule has 1 aliphatic rings. The summed E-state index contributed by atoms with van der Waals surface area (Å²) in [7, 11) is 0. The Bertz CT molecular complexity index is 751. The number of nitrogens with one attached hydrogen (secondary N) is 1. The maximum absolute atomic E-state index is 13.6. The highest BCUT2D eigenvalue weighted by molar-refractivity contribution is 5.94. The van der Waals surface area contributed by atoms with Crippen molar-refractivity contribution < 1.29 is 18.0 Å². The molecule has 24 heavy (non-hydrogen) atoms. The summed E-state index contributed by atoms with van der Waals surface area (Å²) in [5, 5.41) is 2.73. The summed E-state index contributed by atoms with van der Waals surface area (Å²) in [5.41, 5.74) is 0.643. The first-order chi connectivity index (χ1) is 11.5. The summed E-state index contributed by atoms with van der Waals surface area (Å²) in [5.74, 6) is -2.56. The number of hydrogen-bond acceptors (Lipinski definition) is 2. The molecule has 1 atom stereocenters. The Morgan fingerprint density at radius 2 is 1.88 bits per heavy atom. The molecule has 0 bridgehead atoms. The van der Waals surface area contributed by atoms with Gasteiger partial charge in [0.2, 0.25) is 0 Å². The van der Waals surface area contributed by atoms with Gasteiger partial charge in [-0.1, -0.05) is 12.1 Å². The zero-order valence-corrected chi connectivity index (χ0v) is 12.9. The van der Waals surface area contributed by atoms with Crippen molar-refractivity contribution in [2.24, 2.45) is 5.92 Å². The fourth-order valence-corrected chi connectivity index (χ4v) is 2.89. The molecular formula is C18H17F3N2O. The van der Waals surface area contributed by atoms with Crippen molar-refractivity contribution in [3.05, 3.63) is 65.5 Å². The van der Waals surface area contributed by atoms with Crippen molar-refractivity contribution in [1.82, 2.24) is 5.32 Å². The minimum Gasteiger partial charge on any atom is -0.371 e. The van der Waals surface area contributed by atoms with Crippen molar-refractivity contribution >= 4 is 11.6 Å². The first-order valence-electron chi connectivity index (χ1n) is 7.77. The van der Waals surface area contributed by atoms with Crippen molar-refractivity contribution in [3.63, 3.8) is 0 Å². The predicted molar refractivity (Wildman–Crippen MR) is 85.4 cm³/mol. The standard InChI is InChI=1S/C18H17F3N2O/c19-15-4-2-1-3-14(15)18(24)22-10-12-7-8-23(11-12)13-5-6-16(20)17(21)9-13/h1-6,9,12H,7-8,10-11H2,(H,22,24)/t12-/m0/s1. The van der Waals surface area contributed by atoms with Gasteiger partial charge in [-0.25, -0.2) is 13.2 Å². The first kappa shape index (κ1) is 16.4. The number of carbonyl (C=O) groups is 1. The second-order valence-corrected chi connectivity index (χ2v) is 5.89. The highest BCUT2D eigenvalue weighted by Crippen LogP contribution is 2.25. The Balaban J connectivity index is 1.56. The zero-order chi connectivity index (χ0) is 17.1. The fraction of sp³-hybridized carbons (Fsp3) is 0.278. The summed E-state index contributed by atoms with van der Waals surface area (Å²) >= 11 is 0. The van der Waals surface area contributed by atoms with E-state index in [9.17, 15) is 18.0 Å². The molecule has 3 rings (SSSR count). The molecular weight excluding hydrogens is 317 g/mol. The van der Waals surface area contributed by atoms with Crippen LogP contribution in [0.1, 0.15) is 16.8 Å². The van der Waals surface area contributed by atoms with Gasteiger partial charge in [0.05, 0.1) is 5.56 Å². The average molecular weight is 334 g/mol. The Labute approximate surface area is 138 Å². The van der Waals surface area contributed by atoms with E-state index in [0.29, 0.717) is 25.3 Å². The van der Waals surface area contributed by atoms with Gasteiger partial charge in [-0.15, -0.1) is 0 Å². The number of anilines is 1. The molecule has 0 radical (unpaired) electrons. The van der Waals surface area contributed by atoms with Crippen LogP contribution < -0.4 is 10.2 Å². The van der Waals surface area contributed by atoms with E-state index in [0.717, 1.165) is 12.5 Å². The molecule has 0 spiro atoms. The molecule has 6 heteroatoms. The van der Waals surface area contributed by atoms with E-state index in [1.54, 1.807) is 12.1 Å². The molecule has 1 fully saturated rings. The molecule has 0 aliphatic carbocycles. The maximum atomic E-state index is 13.6. The van der Waals surface area contributed by atoms with Gasteiger partial charge in [0.1, 0.15) is 5.82 Å². The number of hydrogen-bond donors (Lipinski definition) is 1. The third kappa shape index (κ3) is 3.53. The molecule has 1 aliphatic heterocycles. The van der Waals surface area contributed by atoms with E-state index in [4.69, 9.17) is 0 Å². The molecule has 1 amide bonds. The third-order valence-corrected chi connectivity index (χ3v) is 4.22. The smallest absolute Gasteiger partial charge is 0.254 e. The minimum atomic E-state index is -0.871. The molecule has 1 N–H and O–H groups in total. The summed E-state index contributed by atoms with van der Waals surface area (Å²) in [6.45, 7) is 1.74. The minimum absolute atomic E-state index is 0.0213. The van der Waals surface area contributed by atoms with Gasteiger partial charge in [0.15, 0.2) is 11.6 Å². The fourth-order valence-electron chi connectivity index (χ4n) is 2.89. The number of rotatable bonds is 4. The lowest BCUT2D eigenvalue weighted by atomic mass is 10.1. The largest absolute Gasteiger partial charge is 0.371 e. The van der Waals surface area contributed by atoms with Crippen LogP contribution in [0.15, 0.2) is 42.5 Å². The Morgan fingerprint density at radius 3 is 2.62 bits per heavy atom. The van der Waals surface area contributed by atoms with Crippen molar-refractivity contribution in [2.45, 2.75) is 6.42 Å². The lowest BCUT2D eigenvalue weighted by molar-refractivity contribution is 0.0944. The quantitative estimate of drug-likeness (QED) is 0.930. The van der Waals surface area contributed by atoms with Gasteiger partial charge < -0.3 is 10.2 Å². The van der Waals surface area contributed by atoms with Crippen molar-refractivity contribution in [3.8, 4) is 0 Å². The molecule has 3 nitrogen and oxygen atoms in total. The number of carbonyl (C=O) groups excluding carboxylic acids is 1. The third-order valence-electron chi connectivity index (χ3n) is 4.22. The van der Waals surface area contributed by atoms with E-state index in [1.807, 2.05) is 4.90 Å². The van der Waals surface area contributed by atoms with Gasteiger partial charge in [-0.2, -0.15) is 0 Å². The molecule has 0 saturated carbocycles. The van der Waals surface area contributed by atoms with Gasteiger partial charge in [0, 0.05) is 31.4 Å². The van der Waals surface area contributed by atoms with Crippen molar-refractivity contribution in [1.29, 1.82) is 0 Å². The summed E-state index contributed by atoms with van der Waals surface area (Å²) in [6.07, 6.45) is 0.816. The summed E-state index contributed by atoms with van der Waals surface area (Å²) in [6, 6.07) is 9.65. The van der Waals surface area contributed by atoms with Crippen LogP contribution in [0.25, 0.3) is 0 Å². The van der Waals surface area contributed by atoms with Crippen LogP contribution in [-0.4, -0.2) is 25.5 Å². The van der Waals surface area contributed by atoms with Crippen LogP contribution in [0, 0.1) is 23.4 Å². The first-order valence-corrected chi connectivity index (χ1v) is 7.77. The Morgan fingerprint density at radius 1 is 1.08 bits per heavy atom. The van der Waals surface area contributed by atoms with Crippen LogP contribution in [0.2, 0.25) is 0 Å². The molecule has 2 aromatic rings. The second kappa shape index (κ2) is 6.95. The SMILES string of the molecule is O=C(NC[C@@H]1CCN(c2ccc(F)c(F)c2)C1)c1ccccc1F. The predicted octanol–water partition coefficient (Wildman–Crippen LogP) is 3.36. The van der Waals surface area contributed by atoms with E-state index < -0.39 is 23.4 Å². The number of nitrogens with zero attached hydrogens (tertiary/aromatic N) is 1. The zero-order valence-electron chi connectivity index (χ0n) is 12.9. The molecule has 0 unspecified atom stereocenters. The van der Waals surface area contributed by atoms with Gasteiger partial charge in [-0.3, -0.25) is 4.79 Å². The van der Waals surface area contributed by atoms with E-state index in [2.05, 4.69) is 5.32 Å². The summed E-state index contributed by atoms with van der Waals surface area (Å²) < 4.78 is 39.9. The lowest BCUT2D eigenvalue weighted by Gasteiger charge is -2.19. The lowest BCUT2D eigenvalue weighted by Crippen LogP contribution is -2.31. The molecule has 1 heterocycles. The van der Waals surface area contributed by atoms with Crippen molar-refractivity contribution in [2.75, 3.05) is 24.5 Å². The highest BCUT2D eigenvalue weighted by Gasteiger charge is 2.24. The summed E-state index contributed by atoms with van der Waals surface area (Å²) in [4.78, 5) is 13.9. The van der Waals surface area contributed by atoms with Gasteiger partial charge in [0.25, 0.3) is 5.91 Å². The molecule has 1 saturated heterocycles. The molecule has 2 aromatic carbocycles. The van der Waals surface area contributed by atoms with Crippen LogP contribution >= 0.6 is 0 Å². The van der Waals surface area contributed by atoms with Crippen LogP contribution in [0.4, 0.5) is 18.9 Å². The van der Waals surface area contributed by atoms with Crippen LogP contribution in [0.5, 0.6) is 0 Å². The normalized spacial score (nSPS) is 17.1. The van der Waals surface area contributed by atoms with Gasteiger partial charge in [-0.05, 0) is 36.6 Å². The van der Waals surface area contributed by atoms with E-state index >= 15 is 0 Å². The Hall–Kier alpha value is -2.50. The molecule has 0 aromatic heterocycles. The Kier molecular flexibility index (Phi) is 4.74. The number of benzene rings is 2. The second-order valence-electron chi connectivity index (χ2n) is 5.89. The molecule has 126 valence electrons. The average Bonchev–Trinajstić information content (AvgIpc) is 3.04. The monoisotopic (exact) mass is 334 g/mol. The topological polar surface area (TPSA) is 32.3 Å².